The number of nitrogens with one attached hydrogen (secondary N) is 2. The number of aromatic nitrogens is 1. The first-order chi connectivity index (χ1) is 18.3. The van der Waals surface area contributed by atoms with E-state index in [4.69, 9.17) is 21.7 Å². The Hall–Kier alpha value is -3.91. The van der Waals surface area contributed by atoms with Gasteiger partial charge in [0.25, 0.3) is 5.56 Å². The number of methoxy groups -OCH3 is 2. The molecule has 0 aliphatic carbocycles. The minimum Gasteiger partial charge on any atom is -0.493 e. The number of aromatic amines is 1. The minimum absolute atomic E-state index is 0.153. The number of hydrogen-bond donors (Lipinski definition) is 2. The predicted octanol–water partition coefficient (Wildman–Crippen LogP) is 5.42. The van der Waals surface area contributed by atoms with Crippen molar-refractivity contribution in [3.63, 3.8) is 0 Å². The zero-order valence-electron chi connectivity index (χ0n) is 22.1. The summed E-state index contributed by atoms with van der Waals surface area (Å²) in [6, 6.07) is 18.1. The molecular formula is C30H32FN3O3S. The smallest absolute Gasteiger partial charge is 0.253 e. The number of hydrogen-bond acceptors (Lipinski definition) is 4. The van der Waals surface area contributed by atoms with Gasteiger partial charge in [-0.1, -0.05) is 24.3 Å². The summed E-state index contributed by atoms with van der Waals surface area (Å²) in [6.07, 6.45) is 0.708. The van der Waals surface area contributed by atoms with Gasteiger partial charge in [0.1, 0.15) is 5.82 Å². The SMILES string of the molecule is COc1ccc(CCNC(=S)N(Cc2ccc(F)cc2)Cc2cc3c(C)cc(C)cc3[nH]c2=O)cc1OC. The molecule has 0 unspecified atom stereocenters. The summed E-state index contributed by atoms with van der Waals surface area (Å²) in [7, 11) is 3.22. The largest absolute Gasteiger partial charge is 0.493 e. The van der Waals surface area contributed by atoms with E-state index in [-0.39, 0.29) is 11.4 Å². The van der Waals surface area contributed by atoms with Crippen LogP contribution >= 0.6 is 12.2 Å². The summed E-state index contributed by atoms with van der Waals surface area (Å²) < 4.78 is 24.2. The molecule has 4 rings (SSSR count). The Kier molecular flexibility index (Phi) is 8.63. The predicted molar refractivity (Wildman–Crippen MR) is 154 cm³/mol. The van der Waals surface area contributed by atoms with Crippen LogP contribution in [-0.4, -0.2) is 35.8 Å². The average molecular weight is 534 g/mol. The van der Waals surface area contributed by atoms with E-state index >= 15 is 0 Å². The first-order valence-corrected chi connectivity index (χ1v) is 12.8. The summed E-state index contributed by atoms with van der Waals surface area (Å²) in [5.74, 6) is 1.05. The molecule has 3 aromatic carbocycles. The molecule has 0 bridgehead atoms. The number of halogens is 1. The quantitative estimate of drug-likeness (QED) is 0.280. The standard InChI is InChI=1S/C30H32FN3O3S/c1-19-13-20(2)25-16-23(29(35)33-26(25)14-19)18-34(17-22-5-8-24(31)9-6-22)30(38)32-12-11-21-7-10-27(36-3)28(15-21)37-4/h5-10,13-16H,11-12,17-18H2,1-4H3,(H,32,38)(H,33,35). The van der Waals surface area contributed by atoms with Gasteiger partial charge in [0, 0.05) is 29.6 Å². The number of rotatable bonds is 9. The Labute approximate surface area is 227 Å². The molecule has 2 N–H and O–H groups in total. The number of benzene rings is 3. The lowest BCUT2D eigenvalue weighted by Gasteiger charge is -2.26. The molecule has 0 aliphatic heterocycles. The second-order valence-corrected chi connectivity index (χ2v) is 9.71. The van der Waals surface area contributed by atoms with Crippen LogP contribution in [-0.2, 0) is 19.5 Å². The summed E-state index contributed by atoms with van der Waals surface area (Å²) in [6.45, 7) is 5.36. The van der Waals surface area contributed by atoms with Gasteiger partial charge >= 0.3 is 0 Å². The molecule has 0 radical (unpaired) electrons. The summed E-state index contributed by atoms with van der Waals surface area (Å²) in [5, 5.41) is 4.83. The topological polar surface area (TPSA) is 66.6 Å². The molecule has 6 nitrogen and oxygen atoms in total. The van der Waals surface area contributed by atoms with E-state index in [1.807, 2.05) is 49.1 Å². The lowest BCUT2D eigenvalue weighted by Crippen LogP contribution is -2.40. The molecule has 4 aromatic rings. The minimum atomic E-state index is -0.298. The molecule has 0 aliphatic rings. The van der Waals surface area contributed by atoms with Gasteiger partial charge in [-0.05, 0) is 91.1 Å². The molecule has 0 saturated carbocycles. The molecule has 0 amide bonds. The molecule has 8 heteroatoms. The normalized spacial score (nSPS) is 10.9. The molecule has 0 spiro atoms. The van der Waals surface area contributed by atoms with Gasteiger partial charge < -0.3 is 24.7 Å². The third-order valence-corrected chi connectivity index (χ3v) is 6.87. The lowest BCUT2D eigenvalue weighted by molar-refractivity contribution is 0.354. The fourth-order valence-corrected chi connectivity index (χ4v) is 4.74. The van der Waals surface area contributed by atoms with Crippen LogP contribution in [0.15, 0.2) is 65.5 Å². The number of nitrogens with zero attached hydrogens (tertiary/aromatic N) is 1. The zero-order valence-corrected chi connectivity index (χ0v) is 22.9. The molecule has 38 heavy (non-hydrogen) atoms. The van der Waals surface area contributed by atoms with Gasteiger partial charge in [0.15, 0.2) is 16.6 Å². The van der Waals surface area contributed by atoms with E-state index in [1.165, 1.54) is 12.1 Å². The van der Waals surface area contributed by atoms with Crippen LogP contribution in [0.1, 0.15) is 27.8 Å². The van der Waals surface area contributed by atoms with E-state index < -0.39 is 0 Å². The molecule has 0 atom stereocenters. The monoisotopic (exact) mass is 533 g/mol. The Balaban J connectivity index is 1.54. The average Bonchev–Trinajstić information content (AvgIpc) is 2.89. The Morgan fingerprint density at radius 3 is 2.37 bits per heavy atom. The molecule has 198 valence electrons. The van der Waals surface area contributed by atoms with E-state index in [0.29, 0.717) is 48.2 Å². The van der Waals surface area contributed by atoms with Gasteiger partial charge in [-0.15, -0.1) is 0 Å². The van der Waals surface area contributed by atoms with Crippen LogP contribution in [0.2, 0.25) is 0 Å². The highest BCUT2D eigenvalue weighted by Crippen LogP contribution is 2.27. The highest BCUT2D eigenvalue weighted by Gasteiger charge is 2.15. The van der Waals surface area contributed by atoms with Gasteiger partial charge in [-0.3, -0.25) is 4.79 Å². The Morgan fingerprint density at radius 1 is 0.947 bits per heavy atom. The molecule has 0 fully saturated rings. The van der Waals surface area contributed by atoms with Crippen LogP contribution < -0.4 is 20.3 Å². The van der Waals surface area contributed by atoms with Crippen LogP contribution in [0, 0.1) is 19.7 Å². The Morgan fingerprint density at radius 2 is 1.66 bits per heavy atom. The zero-order chi connectivity index (χ0) is 27.2. The van der Waals surface area contributed by atoms with Gasteiger partial charge in [0.2, 0.25) is 0 Å². The number of ether oxygens (including phenoxy) is 2. The molecule has 1 aromatic heterocycles. The first-order valence-electron chi connectivity index (χ1n) is 12.4. The summed E-state index contributed by atoms with van der Waals surface area (Å²) >= 11 is 5.77. The third-order valence-electron chi connectivity index (χ3n) is 6.46. The van der Waals surface area contributed by atoms with Crippen LogP contribution in [0.5, 0.6) is 11.5 Å². The van der Waals surface area contributed by atoms with E-state index in [0.717, 1.165) is 33.2 Å². The lowest BCUT2D eigenvalue weighted by atomic mass is 10.0. The van der Waals surface area contributed by atoms with Gasteiger partial charge in [-0.25, -0.2) is 4.39 Å². The van der Waals surface area contributed by atoms with Crippen molar-refractivity contribution in [1.29, 1.82) is 0 Å². The highest BCUT2D eigenvalue weighted by atomic mass is 32.1. The molecule has 1 heterocycles. The van der Waals surface area contributed by atoms with Crippen molar-refractivity contribution in [2.24, 2.45) is 0 Å². The fraction of sp³-hybridized carbons (Fsp3) is 0.267. The van der Waals surface area contributed by atoms with Crippen LogP contribution in [0.4, 0.5) is 4.39 Å². The summed E-state index contributed by atoms with van der Waals surface area (Å²) in [5.41, 5.74) is 5.42. The van der Waals surface area contributed by atoms with Crippen molar-refractivity contribution in [3.05, 3.63) is 105 Å². The third kappa shape index (κ3) is 6.50. The van der Waals surface area contributed by atoms with E-state index in [9.17, 15) is 9.18 Å². The fourth-order valence-electron chi connectivity index (χ4n) is 4.51. The number of fused-ring (bicyclic) bond motifs is 1. The maximum absolute atomic E-state index is 13.5. The van der Waals surface area contributed by atoms with Crippen molar-refractivity contribution in [2.45, 2.75) is 33.4 Å². The van der Waals surface area contributed by atoms with Crippen molar-refractivity contribution < 1.29 is 13.9 Å². The highest BCUT2D eigenvalue weighted by molar-refractivity contribution is 7.80. The van der Waals surface area contributed by atoms with Crippen LogP contribution in [0.25, 0.3) is 10.9 Å². The first kappa shape index (κ1) is 27.1. The second kappa shape index (κ2) is 12.1. The second-order valence-electron chi connectivity index (χ2n) is 9.32. The maximum atomic E-state index is 13.5. The molecular weight excluding hydrogens is 501 g/mol. The Bertz CT molecular complexity index is 1500. The van der Waals surface area contributed by atoms with Gasteiger partial charge in [0.05, 0.1) is 20.8 Å². The van der Waals surface area contributed by atoms with E-state index in [2.05, 4.69) is 16.4 Å². The number of H-pyrrole nitrogens is 1. The van der Waals surface area contributed by atoms with Crippen molar-refractivity contribution in [1.82, 2.24) is 15.2 Å². The van der Waals surface area contributed by atoms with Crippen molar-refractivity contribution in [2.75, 3.05) is 20.8 Å². The number of pyridine rings is 1. The molecule has 0 saturated heterocycles. The van der Waals surface area contributed by atoms with Crippen molar-refractivity contribution in [3.8, 4) is 11.5 Å². The van der Waals surface area contributed by atoms with Gasteiger partial charge in [-0.2, -0.15) is 0 Å². The number of thiocarbonyl (C=S) groups is 1. The van der Waals surface area contributed by atoms with E-state index in [1.54, 1.807) is 26.4 Å². The number of aryl methyl sites for hydroxylation is 2. The summed E-state index contributed by atoms with van der Waals surface area (Å²) in [4.78, 5) is 18.0. The van der Waals surface area contributed by atoms with Crippen LogP contribution in [0.3, 0.4) is 0 Å². The van der Waals surface area contributed by atoms with Crippen molar-refractivity contribution >= 4 is 28.2 Å². The maximum Gasteiger partial charge on any atom is 0.253 e.